The molecule has 0 aliphatic heterocycles. The van der Waals surface area contributed by atoms with Crippen molar-refractivity contribution in [3.8, 4) is 0 Å². The van der Waals surface area contributed by atoms with E-state index in [-0.39, 0.29) is 0 Å². The summed E-state index contributed by atoms with van der Waals surface area (Å²) < 4.78 is 0. The summed E-state index contributed by atoms with van der Waals surface area (Å²) in [7, 11) is 1.91. The van der Waals surface area contributed by atoms with Crippen molar-refractivity contribution >= 4 is 28.9 Å². The van der Waals surface area contributed by atoms with Crippen LogP contribution in [0.2, 0.25) is 5.02 Å². The molecule has 2 rings (SSSR count). The lowest BCUT2D eigenvalue weighted by atomic mass is 10.1. The van der Waals surface area contributed by atoms with Crippen molar-refractivity contribution in [3.63, 3.8) is 0 Å². The first kappa shape index (κ1) is 14.1. The summed E-state index contributed by atoms with van der Waals surface area (Å²) >= 11 is 6.17. The van der Waals surface area contributed by atoms with Crippen molar-refractivity contribution in [1.82, 2.24) is 4.98 Å². The van der Waals surface area contributed by atoms with Gasteiger partial charge in [0.1, 0.15) is 0 Å². The third-order valence-corrected chi connectivity index (χ3v) is 3.34. The molecule has 1 amide bonds. The van der Waals surface area contributed by atoms with Crippen molar-refractivity contribution in [1.29, 1.82) is 0 Å². The van der Waals surface area contributed by atoms with Crippen LogP contribution in [0, 0.1) is 0 Å². The molecule has 6 heteroatoms. The fourth-order valence-electron chi connectivity index (χ4n) is 1.92. The summed E-state index contributed by atoms with van der Waals surface area (Å²) in [6.45, 7) is 0.562. The van der Waals surface area contributed by atoms with Gasteiger partial charge < -0.3 is 16.4 Å². The molecule has 0 saturated carbocycles. The number of benzene rings is 1. The van der Waals surface area contributed by atoms with Crippen LogP contribution >= 0.6 is 11.6 Å². The van der Waals surface area contributed by atoms with Gasteiger partial charge in [-0.25, -0.2) is 0 Å². The third-order valence-electron chi connectivity index (χ3n) is 2.98. The topological polar surface area (TPSA) is 85.2 Å². The number of halogens is 1. The Kier molecular flexibility index (Phi) is 4.10. The minimum atomic E-state index is -0.495. The number of carbonyl (C=O) groups is 1. The minimum absolute atomic E-state index is 0.393. The van der Waals surface area contributed by atoms with Gasteiger partial charge in [0.25, 0.3) is 0 Å². The summed E-state index contributed by atoms with van der Waals surface area (Å²) in [5.41, 5.74) is 13.8. The third kappa shape index (κ3) is 3.00. The van der Waals surface area contributed by atoms with Crippen LogP contribution in [-0.2, 0) is 6.54 Å². The number of nitrogens with two attached hydrogens (primary N) is 2. The zero-order chi connectivity index (χ0) is 14.7. The molecule has 4 N–H and O–H groups in total. The molecule has 5 nitrogen and oxygen atoms in total. The molecular weight excluding hydrogens is 276 g/mol. The second-order valence-electron chi connectivity index (χ2n) is 4.46. The van der Waals surface area contributed by atoms with Gasteiger partial charge in [-0.05, 0) is 23.8 Å². The highest BCUT2D eigenvalue weighted by Gasteiger charge is 2.10. The average molecular weight is 291 g/mol. The Hall–Kier alpha value is -2.27. The van der Waals surface area contributed by atoms with E-state index in [2.05, 4.69) is 4.98 Å². The largest absolute Gasteiger partial charge is 0.396 e. The molecule has 0 aliphatic carbocycles. The molecule has 1 aromatic carbocycles. The van der Waals surface area contributed by atoms with Gasteiger partial charge in [0.05, 0.1) is 17.6 Å². The fourth-order valence-corrected chi connectivity index (χ4v) is 2.16. The molecule has 0 spiro atoms. The van der Waals surface area contributed by atoms with E-state index in [0.717, 1.165) is 11.3 Å². The van der Waals surface area contributed by atoms with Gasteiger partial charge in [0.15, 0.2) is 0 Å². The number of nitrogen functional groups attached to an aromatic ring is 1. The Labute approximate surface area is 122 Å². The quantitative estimate of drug-likeness (QED) is 0.902. The predicted octanol–water partition coefficient (Wildman–Crippen LogP) is 2.05. The number of carbonyl (C=O) groups excluding carboxylic acids is 1. The highest BCUT2D eigenvalue weighted by molar-refractivity contribution is 6.31. The van der Waals surface area contributed by atoms with Gasteiger partial charge in [0, 0.05) is 30.4 Å². The second kappa shape index (κ2) is 5.79. The monoisotopic (exact) mass is 290 g/mol. The number of primary amides is 1. The van der Waals surface area contributed by atoms with E-state index in [0.29, 0.717) is 22.8 Å². The van der Waals surface area contributed by atoms with E-state index < -0.39 is 5.91 Å². The summed E-state index contributed by atoms with van der Waals surface area (Å²) in [6.07, 6.45) is 3.28. The van der Waals surface area contributed by atoms with E-state index in [1.165, 1.54) is 0 Å². The molecule has 0 aliphatic rings. The van der Waals surface area contributed by atoms with Crippen LogP contribution in [0.4, 0.5) is 11.4 Å². The first-order valence-corrected chi connectivity index (χ1v) is 6.35. The lowest BCUT2D eigenvalue weighted by Crippen LogP contribution is -2.18. The Balaban J connectivity index is 2.22. The van der Waals surface area contributed by atoms with E-state index in [9.17, 15) is 4.79 Å². The molecule has 104 valence electrons. The number of aromatic nitrogens is 1. The number of nitrogens with zero attached hydrogens (tertiary/aromatic N) is 2. The Morgan fingerprint density at radius 3 is 2.75 bits per heavy atom. The predicted molar refractivity (Wildman–Crippen MR) is 80.7 cm³/mol. The smallest absolute Gasteiger partial charge is 0.248 e. The number of anilines is 2. The Morgan fingerprint density at radius 1 is 1.40 bits per heavy atom. The van der Waals surface area contributed by atoms with Crippen LogP contribution in [0.25, 0.3) is 0 Å². The van der Waals surface area contributed by atoms with Crippen LogP contribution in [0.5, 0.6) is 0 Å². The van der Waals surface area contributed by atoms with Crippen LogP contribution in [0.1, 0.15) is 15.9 Å². The van der Waals surface area contributed by atoms with Crippen LogP contribution in [-0.4, -0.2) is 17.9 Å². The molecule has 1 heterocycles. The summed E-state index contributed by atoms with van der Waals surface area (Å²) in [6, 6.07) is 6.85. The zero-order valence-corrected chi connectivity index (χ0v) is 11.8. The van der Waals surface area contributed by atoms with Crippen molar-refractivity contribution in [2.45, 2.75) is 6.54 Å². The van der Waals surface area contributed by atoms with Gasteiger partial charge in [-0.3, -0.25) is 9.78 Å². The van der Waals surface area contributed by atoms with Crippen molar-refractivity contribution in [2.24, 2.45) is 5.73 Å². The van der Waals surface area contributed by atoms with Crippen molar-refractivity contribution < 1.29 is 4.79 Å². The Morgan fingerprint density at radius 2 is 2.15 bits per heavy atom. The van der Waals surface area contributed by atoms with Gasteiger partial charge in [-0.1, -0.05) is 17.7 Å². The molecule has 20 heavy (non-hydrogen) atoms. The molecule has 0 unspecified atom stereocenters. The maximum Gasteiger partial charge on any atom is 0.248 e. The highest BCUT2D eigenvalue weighted by atomic mass is 35.5. The van der Waals surface area contributed by atoms with Gasteiger partial charge in [0.2, 0.25) is 5.91 Å². The summed E-state index contributed by atoms with van der Waals surface area (Å²) in [4.78, 5) is 17.0. The minimum Gasteiger partial charge on any atom is -0.396 e. The molecule has 1 aromatic heterocycles. The number of rotatable bonds is 4. The first-order chi connectivity index (χ1) is 9.49. The van der Waals surface area contributed by atoms with Gasteiger partial charge in [-0.2, -0.15) is 0 Å². The zero-order valence-electron chi connectivity index (χ0n) is 11.0. The molecule has 0 bridgehead atoms. The number of pyridine rings is 1. The first-order valence-electron chi connectivity index (χ1n) is 5.98. The molecule has 0 fully saturated rings. The maximum absolute atomic E-state index is 11.1. The SMILES string of the molecule is CN(Cc1ccc(C(N)=O)cc1Cl)c1ccncc1N. The van der Waals surface area contributed by atoms with E-state index in [1.54, 1.807) is 30.6 Å². The number of hydrogen-bond acceptors (Lipinski definition) is 4. The average Bonchev–Trinajstić information content (AvgIpc) is 2.41. The molecular formula is C14H15ClN4O. The van der Waals surface area contributed by atoms with E-state index >= 15 is 0 Å². The molecule has 0 saturated heterocycles. The standard InChI is InChI=1S/C14H15ClN4O/c1-19(13-4-5-18-7-12(13)16)8-10-3-2-9(14(17)20)6-11(10)15/h2-7H,8,16H2,1H3,(H2,17,20). The summed E-state index contributed by atoms with van der Waals surface area (Å²) in [5, 5.41) is 0.501. The van der Waals surface area contributed by atoms with Gasteiger partial charge in [-0.15, -0.1) is 0 Å². The maximum atomic E-state index is 11.1. The molecule has 0 radical (unpaired) electrons. The fraction of sp³-hybridized carbons (Fsp3) is 0.143. The number of amides is 1. The highest BCUT2D eigenvalue weighted by Crippen LogP contribution is 2.25. The number of hydrogen-bond donors (Lipinski definition) is 2. The van der Waals surface area contributed by atoms with Crippen LogP contribution < -0.4 is 16.4 Å². The summed E-state index contributed by atoms with van der Waals surface area (Å²) in [5.74, 6) is -0.495. The molecule has 0 atom stereocenters. The van der Waals surface area contributed by atoms with Crippen LogP contribution in [0.15, 0.2) is 36.7 Å². The second-order valence-corrected chi connectivity index (χ2v) is 4.87. The van der Waals surface area contributed by atoms with Crippen molar-refractivity contribution in [2.75, 3.05) is 17.7 Å². The lowest BCUT2D eigenvalue weighted by Gasteiger charge is -2.21. The lowest BCUT2D eigenvalue weighted by molar-refractivity contribution is 0.100. The normalized spacial score (nSPS) is 10.3. The van der Waals surface area contributed by atoms with Crippen LogP contribution in [0.3, 0.4) is 0 Å². The Bertz CT molecular complexity index is 645. The van der Waals surface area contributed by atoms with E-state index in [4.69, 9.17) is 23.1 Å². The van der Waals surface area contributed by atoms with E-state index in [1.807, 2.05) is 18.0 Å². The van der Waals surface area contributed by atoms with Crippen molar-refractivity contribution in [3.05, 3.63) is 52.8 Å². The van der Waals surface area contributed by atoms with Gasteiger partial charge >= 0.3 is 0 Å². The molecule has 2 aromatic rings.